The Morgan fingerprint density at radius 2 is 2.26 bits per heavy atom. The van der Waals surface area contributed by atoms with Crippen LogP contribution in [-0.4, -0.2) is 16.9 Å². The number of aromatic nitrogens is 1. The molecule has 1 fully saturated rings. The van der Waals surface area contributed by atoms with E-state index < -0.39 is 6.04 Å². The zero-order valence-electron chi connectivity index (χ0n) is 10.6. The van der Waals surface area contributed by atoms with E-state index >= 15 is 0 Å². The molecule has 0 saturated heterocycles. The van der Waals surface area contributed by atoms with Gasteiger partial charge in [0.05, 0.1) is 6.04 Å². The number of carbonyl (C=O) groups is 1. The second-order valence-corrected chi connectivity index (χ2v) is 4.79. The van der Waals surface area contributed by atoms with Crippen LogP contribution in [0.4, 0.5) is 5.69 Å². The predicted octanol–water partition coefficient (Wildman–Crippen LogP) is 2.41. The summed E-state index contributed by atoms with van der Waals surface area (Å²) in [6.45, 7) is 1.65. The number of fused-ring (bicyclic) bond motifs is 1. The zero-order chi connectivity index (χ0) is 12.7. The predicted molar refractivity (Wildman–Crippen MR) is 75.5 cm³/mol. The van der Waals surface area contributed by atoms with Gasteiger partial charge >= 0.3 is 0 Å². The molecule has 1 amide bonds. The summed E-state index contributed by atoms with van der Waals surface area (Å²) in [5.74, 6) is 1.08. The molecule has 5 nitrogen and oxygen atoms in total. The van der Waals surface area contributed by atoms with E-state index in [0.717, 1.165) is 29.8 Å². The van der Waals surface area contributed by atoms with Crippen molar-refractivity contribution in [2.45, 2.75) is 31.7 Å². The molecule has 1 aromatic carbocycles. The Morgan fingerprint density at radius 3 is 2.89 bits per heavy atom. The Kier molecular flexibility index (Phi) is 3.78. The third-order valence-electron chi connectivity index (χ3n) is 3.01. The van der Waals surface area contributed by atoms with Gasteiger partial charge in [0.25, 0.3) is 0 Å². The second kappa shape index (κ2) is 5.19. The highest BCUT2D eigenvalue weighted by Gasteiger charge is 2.28. The molecule has 1 atom stereocenters. The quantitative estimate of drug-likeness (QED) is 0.905. The fourth-order valence-electron chi connectivity index (χ4n) is 1.78. The molecule has 3 N–H and O–H groups in total. The van der Waals surface area contributed by atoms with E-state index in [1.54, 1.807) is 13.0 Å². The zero-order valence-corrected chi connectivity index (χ0v) is 11.4. The molecular weight excluding hydrogens is 266 g/mol. The third kappa shape index (κ3) is 2.88. The molecule has 1 unspecified atom stereocenters. The molecule has 0 spiro atoms. The average Bonchev–Trinajstić information content (AvgIpc) is 3.09. The first-order chi connectivity index (χ1) is 8.63. The van der Waals surface area contributed by atoms with E-state index in [1.165, 1.54) is 0 Å². The average molecular weight is 282 g/mol. The molecule has 3 rings (SSSR count). The van der Waals surface area contributed by atoms with Crippen molar-refractivity contribution < 1.29 is 9.21 Å². The van der Waals surface area contributed by atoms with Gasteiger partial charge in [0, 0.05) is 11.6 Å². The highest BCUT2D eigenvalue weighted by molar-refractivity contribution is 5.95. The van der Waals surface area contributed by atoms with Crippen molar-refractivity contribution in [2.24, 2.45) is 5.73 Å². The van der Waals surface area contributed by atoms with Gasteiger partial charge in [-0.1, -0.05) is 0 Å². The first-order valence-corrected chi connectivity index (χ1v) is 6.10. The lowest BCUT2D eigenvalue weighted by Crippen LogP contribution is -2.32. The smallest absolute Gasteiger partial charge is 0.240 e. The van der Waals surface area contributed by atoms with E-state index in [4.69, 9.17) is 10.2 Å². The fourth-order valence-corrected chi connectivity index (χ4v) is 1.78. The van der Waals surface area contributed by atoms with Crippen LogP contribution >= 0.6 is 12.4 Å². The second-order valence-electron chi connectivity index (χ2n) is 4.79. The molecule has 6 heteroatoms. The molecule has 1 aliphatic carbocycles. The third-order valence-corrected chi connectivity index (χ3v) is 3.01. The van der Waals surface area contributed by atoms with E-state index in [-0.39, 0.29) is 18.3 Å². The van der Waals surface area contributed by atoms with Crippen LogP contribution in [-0.2, 0) is 4.79 Å². The Bertz CT molecular complexity index is 605. The lowest BCUT2D eigenvalue weighted by Gasteiger charge is -2.06. The molecule has 1 saturated carbocycles. The number of anilines is 1. The van der Waals surface area contributed by atoms with Crippen LogP contribution in [0.2, 0.25) is 0 Å². The number of nitrogens with zero attached hydrogens (tertiary/aromatic N) is 1. The van der Waals surface area contributed by atoms with Crippen LogP contribution in [0.25, 0.3) is 11.1 Å². The molecular formula is C13H16ClN3O2. The number of amides is 1. The minimum atomic E-state index is -0.528. The molecule has 19 heavy (non-hydrogen) atoms. The van der Waals surface area contributed by atoms with Crippen LogP contribution in [0.3, 0.4) is 0 Å². The highest BCUT2D eigenvalue weighted by atomic mass is 35.5. The van der Waals surface area contributed by atoms with E-state index in [0.29, 0.717) is 11.6 Å². The van der Waals surface area contributed by atoms with Crippen molar-refractivity contribution in [3.8, 4) is 0 Å². The van der Waals surface area contributed by atoms with Crippen LogP contribution in [0.5, 0.6) is 0 Å². The summed E-state index contributed by atoms with van der Waals surface area (Å²) in [4.78, 5) is 15.9. The molecule has 1 heterocycles. The number of halogens is 1. The normalized spacial score (nSPS) is 15.9. The Morgan fingerprint density at radius 1 is 1.53 bits per heavy atom. The van der Waals surface area contributed by atoms with Gasteiger partial charge in [0.15, 0.2) is 11.5 Å². The minimum absolute atomic E-state index is 0. The maximum absolute atomic E-state index is 11.5. The topological polar surface area (TPSA) is 81.2 Å². The number of nitrogens with one attached hydrogen (secondary N) is 1. The lowest BCUT2D eigenvalue weighted by molar-refractivity contribution is -0.117. The first kappa shape index (κ1) is 13.8. The monoisotopic (exact) mass is 281 g/mol. The van der Waals surface area contributed by atoms with E-state index in [2.05, 4.69) is 10.3 Å². The number of benzene rings is 1. The van der Waals surface area contributed by atoms with Gasteiger partial charge < -0.3 is 15.5 Å². The van der Waals surface area contributed by atoms with Crippen LogP contribution in [0, 0.1) is 0 Å². The molecule has 1 aliphatic rings. The number of carbonyl (C=O) groups excluding carboxylic acids is 1. The molecule has 0 radical (unpaired) electrons. The molecule has 1 aromatic heterocycles. The van der Waals surface area contributed by atoms with Crippen LogP contribution in [0.15, 0.2) is 22.6 Å². The molecule has 102 valence electrons. The standard InChI is InChI=1S/C13H15N3O2.ClH/c1-7(14)12(17)15-9-4-5-11-10(6-9)16-13(18-11)8-2-3-8;/h4-8H,2-3,14H2,1H3,(H,15,17);1H. The van der Waals surface area contributed by atoms with Gasteiger partial charge in [-0.05, 0) is 38.0 Å². The van der Waals surface area contributed by atoms with E-state index in [1.807, 2.05) is 12.1 Å². The van der Waals surface area contributed by atoms with Gasteiger partial charge in [0.2, 0.25) is 5.91 Å². The summed E-state index contributed by atoms with van der Waals surface area (Å²) in [7, 11) is 0. The summed E-state index contributed by atoms with van der Waals surface area (Å²) >= 11 is 0. The molecule has 0 aliphatic heterocycles. The fraction of sp³-hybridized carbons (Fsp3) is 0.385. The van der Waals surface area contributed by atoms with Crippen molar-refractivity contribution in [1.82, 2.24) is 4.98 Å². The summed E-state index contributed by atoms with van der Waals surface area (Å²) in [6, 6.07) is 4.90. The lowest BCUT2D eigenvalue weighted by atomic mass is 10.2. The Labute approximate surface area is 117 Å². The SMILES string of the molecule is CC(N)C(=O)Nc1ccc2oc(C3CC3)nc2c1.Cl. The maximum atomic E-state index is 11.5. The van der Waals surface area contributed by atoms with Crippen molar-refractivity contribution >= 4 is 35.1 Å². The van der Waals surface area contributed by atoms with Crippen molar-refractivity contribution in [3.05, 3.63) is 24.1 Å². The Balaban J connectivity index is 0.00000133. The largest absolute Gasteiger partial charge is 0.440 e. The number of oxazole rings is 1. The Hall–Kier alpha value is -1.59. The minimum Gasteiger partial charge on any atom is -0.440 e. The van der Waals surface area contributed by atoms with Gasteiger partial charge in [-0.3, -0.25) is 4.79 Å². The summed E-state index contributed by atoms with van der Waals surface area (Å²) in [5, 5.41) is 2.74. The van der Waals surface area contributed by atoms with E-state index in [9.17, 15) is 4.79 Å². The highest BCUT2D eigenvalue weighted by Crippen LogP contribution is 2.40. The number of hydrogen-bond donors (Lipinski definition) is 2. The number of rotatable bonds is 3. The first-order valence-electron chi connectivity index (χ1n) is 6.10. The summed E-state index contributed by atoms with van der Waals surface area (Å²) in [6.07, 6.45) is 2.31. The number of nitrogens with two attached hydrogens (primary N) is 1. The van der Waals surface area contributed by atoms with Gasteiger partial charge in [-0.2, -0.15) is 0 Å². The summed E-state index contributed by atoms with van der Waals surface area (Å²) in [5.41, 5.74) is 7.73. The van der Waals surface area contributed by atoms with Crippen LogP contribution in [0.1, 0.15) is 31.6 Å². The van der Waals surface area contributed by atoms with Crippen LogP contribution < -0.4 is 11.1 Å². The van der Waals surface area contributed by atoms with Gasteiger partial charge in [-0.15, -0.1) is 12.4 Å². The van der Waals surface area contributed by atoms with Gasteiger partial charge in [-0.25, -0.2) is 4.98 Å². The van der Waals surface area contributed by atoms with Crippen molar-refractivity contribution in [2.75, 3.05) is 5.32 Å². The maximum Gasteiger partial charge on any atom is 0.240 e. The molecule has 2 aromatic rings. The summed E-state index contributed by atoms with van der Waals surface area (Å²) < 4.78 is 5.65. The molecule has 0 bridgehead atoms. The number of hydrogen-bond acceptors (Lipinski definition) is 4. The van der Waals surface area contributed by atoms with Crippen molar-refractivity contribution in [1.29, 1.82) is 0 Å². The van der Waals surface area contributed by atoms with Gasteiger partial charge in [0.1, 0.15) is 5.52 Å². The van der Waals surface area contributed by atoms with Crippen molar-refractivity contribution in [3.63, 3.8) is 0 Å².